The first kappa shape index (κ1) is 13.7. The molecule has 0 saturated carbocycles. The van der Waals surface area contributed by atoms with E-state index in [1.54, 1.807) is 36.6 Å². The Labute approximate surface area is 100 Å². The molecule has 0 fully saturated rings. The van der Waals surface area contributed by atoms with E-state index in [4.69, 9.17) is 4.42 Å². The quantitative estimate of drug-likeness (QED) is 0.782. The largest absolute Gasteiger partial charge is 0.810 e. The Bertz CT molecular complexity index is 391. The van der Waals surface area contributed by atoms with E-state index in [1.165, 1.54) is 0 Å². The van der Waals surface area contributed by atoms with Gasteiger partial charge in [0.2, 0.25) is 0 Å². The molecule has 0 aliphatic carbocycles. The van der Waals surface area contributed by atoms with Crippen molar-refractivity contribution in [3.05, 3.63) is 54.5 Å². The van der Waals surface area contributed by atoms with Crippen molar-refractivity contribution in [1.82, 2.24) is 0 Å². The van der Waals surface area contributed by atoms with Crippen LogP contribution in [0.4, 0.5) is 0 Å². The SMILES string of the molecule is [NH3+]Cc1ccco1.[O-]P([O-])Oc1ccccc1. The molecule has 17 heavy (non-hydrogen) atoms. The highest BCUT2D eigenvalue weighted by atomic mass is 31.2. The van der Waals surface area contributed by atoms with Crippen LogP contribution in [0, 0.1) is 0 Å². The van der Waals surface area contributed by atoms with Crippen LogP contribution in [0.15, 0.2) is 53.1 Å². The Hall–Kier alpha value is -1.39. The lowest BCUT2D eigenvalue weighted by atomic mass is 10.3. The summed E-state index contributed by atoms with van der Waals surface area (Å²) in [7, 11) is -2.78. The van der Waals surface area contributed by atoms with Gasteiger partial charge < -0.3 is 24.5 Å². The molecule has 2 aromatic rings. The van der Waals surface area contributed by atoms with Crippen molar-refractivity contribution in [3.63, 3.8) is 0 Å². The average Bonchev–Trinajstić information content (AvgIpc) is 2.83. The normalized spacial score (nSPS) is 9.65. The van der Waals surface area contributed by atoms with Crippen LogP contribution in [-0.4, -0.2) is 0 Å². The highest BCUT2D eigenvalue weighted by molar-refractivity contribution is 7.36. The van der Waals surface area contributed by atoms with Crippen LogP contribution in [0.3, 0.4) is 0 Å². The van der Waals surface area contributed by atoms with Gasteiger partial charge in [-0.25, -0.2) is 0 Å². The van der Waals surface area contributed by atoms with Gasteiger partial charge in [0.1, 0.15) is 12.3 Å². The molecule has 0 radical (unpaired) electrons. The predicted octanol–water partition coefficient (Wildman–Crippen LogP) is 0.0344. The van der Waals surface area contributed by atoms with Gasteiger partial charge in [-0.05, 0) is 24.3 Å². The van der Waals surface area contributed by atoms with Crippen LogP contribution >= 0.6 is 8.60 Å². The van der Waals surface area contributed by atoms with Gasteiger partial charge in [0.05, 0.1) is 6.26 Å². The number of hydrogen-bond donors (Lipinski definition) is 1. The minimum Gasteiger partial charge on any atom is -0.810 e. The van der Waals surface area contributed by atoms with E-state index < -0.39 is 8.60 Å². The molecule has 0 aliphatic rings. The summed E-state index contributed by atoms with van der Waals surface area (Å²) < 4.78 is 9.29. The average molecular weight is 254 g/mol. The van der Waals surface area contributed by atoms with Crippen molar-refractivity contribution in [2.45, 2.75) is 6.54 Å². The van der Waals surface area contributed by atoms with E-state index in [9.17, 15) is 9.79 Å². The maximum absolute atomic E-state index is 9.98. The first-order chi connectivity index (χ1) is 8.22. The summed E-state index contributed by atoms with van der Waals surface area (Å²) in [5.74, 6) is 1.29. The molecule has 0 unspecified atom stereocenters. The van der Waals surface area contributed by atoms with Gasteiger partial charge in [0.25, 0.3) is 0 Å². The molecule has 1 aromatic heterocycles. The topological polar surface area (TPSA) is 96.1 Å². The summed E-state index contributed by atoms with van der Waals surface area (Å²) >= 11 is 0. The van der Waals surface area contributed by atoms with Crippen LogP contribution in [0.25, 0.3) is 0 Å². The number of quaternary nitrogens is 1. The van der Waals surface area contributed by atoms with Crippen LogP contribution < -0.4 is 20.0 Å². The van der Waals surface area contributed by atoms with E-state index in [-0.39, 0.29) is 0 Å². The van der Waals surface area contributed by atoms with Gasteiger partial charge in [-0.1, -0.05) is 26.8 Å². The second-order valence-electron chi connectivity index (χ2n) is 2.96. The lowest BCUT2D eigenvalue weighted by Crippen LogP contribution is -2.47. The van der Waals surface area contributed by atoms with Crippen LogP contribution in [0.5, 0.6) is 5.75 Å². The Morgan fingerprint density at radius 2 is 1.82 bits per heavy atom. The molecule has 0 saturated heterocycles. The summed E-state index contributed by atoms with van der Waals surface area (Å²) in [5.41, 5.74) is 3.63. The molecular formula is C11H13NO4P-. The van der Waals surface area contributed by atoms with E-state index in [1.807, 2.05) is 12.1 Å². The first-order valence-electron chi connectivity index (χ1n) is 4.91. The number of rotatable bonds is 3. The van der Waals surface area contributed by atoms with E-state index in [0.717, 1.165) is 12.3 Å². The molecular weight excluding hydrogens is 241 g/mol. The molecule has 0 spiro atoms. The molecule has 92 valence electrons. The first-order valence-corrected chi connectivity index (χ1v) is 6.01. The maximum atomic E-state index is 9.98. The molecule has 1 aromatic carbocycles. The van der Waals surface area contributed by atoms with E-state index >= 15 is 0 Å². The fourth-order valence-electron chi connectivity index (χ4n) is 1.02. The monoisotopic (exact) mass is 254 g/mol. The van der Waals surface area contributed by atoms with Crippen molar-refractivity contribution in [1.29, 1.82) is 0 Å². The molecule has 1 heterocycles. The number of furan rings is 1. The van der Waals surface area contributed by atoms with Gasteiger partial charge in [-0.3, -0.25) is 0 Å². The Balaban J connectivity index is 0.000000181. The van der Waals surface area contributed by atoms with Crippen molar-refractivity contribution in [2.24, 2.45) is 0 Å². The van der Waals surface area contributed by atoms with E-state index in [0.29, 0.717) is 5.75 Å². The zero-order valence-electron chi connectivity index (χ0n) is 9.11. The standard InChI is InChI=1S/C6H5O3P.C5H7NO/c7-10(8)9-6-4-2-1-3-5-6;6-4-5-2-1-3-7-5/h1-5H;1-3H,4,6H2/q-2;/p+1. The summed E-state index contributed by atoms with van der Waals surface area (Å²) in [5, 5.41) is 0. The Kier molecular flexibility index (Phi) is 6.29. The summed E-state index contributed by atoms with van der Waals surface area (Å²) in [6.07, 6.45) is 1.65. The van der Waals surface area contributed by atoms with Crippen LogP contribution in [0.1, 0.15) is 5.76 Å². The third-order valence-electron chi connectivity index (χ3n) is 1.75. The fourth-order valence-corrected chi connectivity index (χ4v) is 1.32. The number of hydrogen-bond acceptors (Lipinski definition) is 4. The minimum absolute atomic E-state index is 0.346. The van der Waals surface area contributed by atoms with Crippen LogP contribution in [-0.2, 0) is 6.54 Å². The van der Waals surface area contributed by atoms with Gasteiger partial charge in [-0.15, -0.1) is 0 Å². The lowest BCUT2D eigenvalue weighted by molar-refractivity contribution is -0.390. The zero-order chi connectivity index (χ0) is 12.5. The summed E-state index contributed by atoms with van der Waals surface area (Å²) in [6, 6.07) is 12.1. The third-order valence-corrected chi connectivity index (χ3v) is 2.11. The second kappa shape index (κ2) is 7.81. The summed E-state index contributed by atoms with van der Waals surface area (Å²) in [4.78, 5) is 20.0. The smallest absolute Gasteiger partial charge is 0.157 e. The molecule has 0 amide bonds. The number of benzene rings is 1. The maximum Gasteiger partial charge on any atom is 0.157 e. The van der Waals surface area contributed by atoms with Crippen molar-refractivity contribution in [3.8, 4) is 5.75 Å². The molecule has 2 rings (SSSR count). The fraction of sp³-hybridized carbons (Fsp3) is 0.0909. The number of para-hydroxylation sites is 1. The molecule has 5 nitrogen and oxygen atoms in total. The summed E-state index contributed by atoms with van der Waals surface area (Å²) in [6.45, 7) is 0.743. The van der Waals surface area contributed by atoms with Gasteiger partial charge >= 0.3 is 0 Å². The molecule has 0 aliphatic heterocycles. The van der Waals surface area contributed by atoms with Crippen molar-refractivity contribution >= 4 is 8.60 Å². The minimum atomic E-state index is -2.78. The van der Waals surface area contributed by atoms with Crippen LogP contribution in [0.2, 0.25) is 0 Å². The Morgan fingerprint density at radius 3 is 2.24 bits per heavy atom. The van der Waals surface area contributed by atoms with Gasteiger partial charge in [0, 0.05) is 0 Å². The highest BCUT2D eigenvalue weighted by Gasteiger charge is 1.87. The zero-order valence-corrected chi connectivity index (χ0v) is 10.0. The highest BCUT2D eigenvalue weighted by Crippen LogP contribution is 2.20. The lowest BCUT2D eigenvalue weighted by Gasteiger charge is -2.29. The van der Waals surface area contributed by atoms with E-state index in [2.05, 4.69) is 10.3 Å². The molecule has 0 bridgehead atoms. The second-order valence-corrected chi connectivity index (χ2v) is 3.59. The van der Waals surface area contributed by atoms with Gasteiger partial charge in [0.15, 0.2) is 5.76 Å². The van der Waals surface area contributed by atoms with Crippen molar-refractivity contribution in [2.75, 3.05) is 0 Å². The predicted molar refractivity (Wildman–Crippen MR) is 59.3 cm³/mol. The molecule has 0 atom stereocenters. The molecule has 3 N–H and O–H groups in total. The van der Waals surface area contributed by atoms with Gasteiger partial charge in [-0.2, -0.15) is 0 Å². The van der Waals surface area contributed by atoms with Crippen molar-refractivity contribution < 1.29 is 24.5 Å². The third kappa shape index (κ3) is 6.04. The Morgan fingerprint density at radius 1 is 1.12 bits per heavy atom. The molecule has 6 heteroatoms.